The molecule has 4 rings (SSSR count). The Bertz CT molecular complexity index is 653. The fraction of sp³-hybridized carbons (Fsp3) is 0.852. The molecule has 10 atom stereocenters. The summed E-state index contributed by atoms with van der Waals surface area (Å²) in [6, 6.07) is 0. The fourth-order valence-corrected chi connectivity index (χ4v) is 8.90. The second kappa shape index (κ2) is 7.83. The quantitative estimate of drug-likeness (QED) is 0.557. The summed E-state index contributed by atoms with van der Waals surface area (Å²) in [6.07, 6.45) is 14.5. The first-order chi connectivity index (χ1) is 13.7. The van der Waals surface area contributed by atoms with E-state index in [4.69, 9.17) is 0 Å². The second-order valence-corrected chi connectivity index (χ2v) is 11.9. The molecule has 1 unspecified atom stereocenters. The Labute approximate surface area is 178 Å². The molecule has 0 aliphatic heterocycles. The molecule has 29 heavy (non-hydrogen) atoms. The third-order valence-electron chi connectivity index (χ3n) is 10.3. The van der Waals surface area contributed by atoms with Crippen LogP contribution in [0.3, 0.4) is 0 Å². The summed E-state index contributed by atoms with van der Waals surface area (Å²) in [5, 5.41) is 21.4. The lowest BCUT2D eigenvalue weighted by Gasteiger charge is -2.62. The minimum absolute atomic E-state index is 0.197. The Kier molecular flexibility index (Phi) is 5.84. The summed E-state index contributed by atoms with van der Waals surface area (Å²) in [5.74, 6) is 4.04. The zero-order valence-electron chi connectivity index (χ0n) is 19.2. The lowest BCUT2D eigenvalue weighted by atomic mass is 9.44. The number of fused-ring (bicyclic) bond motifs is 5. The van der Waals surface area contributed by atoms with Gasteiger partial charge in [0.15, 0.2) is 0 Å². The van der Waals surface area contributed by atoms with Crippen molar-refractivity contribution in [2.75, 3.05) is 0 Å². The van der Waals surface area contributed by atoms with Gasteiger partial charge in [0.05, 0.1) is 12.2 Å². The van der Waals surface area contributed by atoms with Gasteiger partial charge in [-0.05, 0) is 111 Å². The lowest BCUT2D eigenvalue weighted by molar-refractivity contribution is -0.172. The molecule has 2 N–H and O–H groups in total. The molecule has 4 fully saturated rings. The Balaban J connectivity index is 1.53. The summed E-state index contributed by atoms with van der Waals surface area (Å²) in [5.41, 5.74) is 1.82. The summed E-state index contributed by atoms with van der Waals surface area (Å²) in [6.45, 7) is 13.6. The van der Waals surface area contributed by atoms with Crippen LogP contribution in [0.5, 0.6) is 0 Å². The number of hydrogen-bond acceptors (Lipinski definition) is 2. The Morgan fingerprint density at radius 2 is 1.69 bits per heavy atom. The molecule has 2 heteroatoms. The van der Waals surface area contributed by atoms with Gasteiger partial charge in [0.25, 0.3) is 0 Å². The van der Waals surface area contributed by atoms with E-state index in [-0.39, 0.29) is 17.6 Å². The molecule has 0 aromatic heterocycles. The molecular weight excluding hydrogens is 356 g/mol. The van der Waals surface area contributed by atoms with Gasteiger partial charge in [-0.2, -0.15) is 0 Å². The van der Waals surface area contributed by atoms with Crippen LogP contribution < -0.4 is 0 Å². The normalized spacial score (nSPS) is 50.6. The highest BCUT2D eigenvalue weighted by atomic mass is 16.3. The third-order valence-corrected chi connectivity index (χ3v) is 10.3. The maximum atomic E-state index is 11.1. The number of aliphatic hydroxyl groups excluding tert-OH is 2. The van der Waals surface area contributed by atoms with E-state index in [2.05, 4.69) is 46.4 Å². The predicted molar refractivity (Wildman–Crippen MR) is 120 cm³/mol. The number of aliphatic hydroxyl groups is 2. The van der Waals surface area contributed by atoms with E-state index in [0.717, 1.165) is 61.3 Å². The van der Waals surface area contributed by atoms with Crippen LogP contribution in [0.4, 0.5) is 0 Å². The number of hydrogen-bond donors (Lipinski definition) is 2. The van der Waals surface area contributed by atoms with Crippen LogP contribution in [0.25, 0.3) is 0 Å². The van der Waals surface area contributed by atoms with Crippen LogP contribution in [-0.2, 0) is 0 Å². The van der Waals surface area contributed by atoms with Gasteiger partial charge in [0.1, 0.15) is 0 Å². The van der Waals surface area contributed by atoms with E-state index in [9.17, 15) is 10.2 Å². The first-order valence-electron chi connectivity index (χ1n) is 12.3. The lowest BCUT2D eigenvalue weighted by Crippen LogP contribution is -2.58. The van der Waals surface area contributed by atoms with Crippen LogP contribution in [0.1, 0.15) is 85.5 Å². The van der Waals surface area contributed by atoms with Crippen LogP contribution >= 0.6 is 0 Å². The van der Waals surface area contributed by atoms with Crippen molar-refractivity contribution in [3.63, 3.8) is 0 Å². The van der Waals surface area contributed by atoms with E-state index in [0.29, 0.717) is 17.3 Å². The predicted octanol–water partition coefficient (Wildman–Crippen LogP) is 6.14. The largest absolute Gasteiger partial charge is 0.393 e. The van der Waals surface area contributed by atoms with Crippen molar-refractivity contribution < 1.29 is 10.2 Å². The highest BCUT2D eigenvalue weighted by Crippen LogP contribution is 2.68. The molecule has 2 nitrogen and oxygen atoms in total. The molecule has 0 aromatic rings. The van der Waals surface area contributed by atoms with Gasteiger partial charge in [-0.3, -0.25) is 0 Å². The Morgan fingerprint density at radius 1 is 1.00 bits per heavy atom. The van der Waals surface area contributed by atoms with Gasteiger partial charge in [-0.1, -0.05) is 45.1 Å². The average molecular weight is 401 g/mol. The Morgan fingerprint density at radius 3 is 2.41 bits per heavy atom. The van der Waals surface area contributed by atoms with Crippen molar-refractivity contribution in [1.29, 1.82) is 0 Å². The third kappa shape index (κ3) is 3.57. The highest BCUT2D eigenvalue weighted by Gasteiger charge is 2.62. The molecule has 0 radical (unpaired) electrons. The average Bonchev–Trinajstić information content (AvgIpc) is 3.00. The van der Waals surface area contributed by atoms with E-state index < -0.39 is 0 Å². The molecule has 0 saturated heterocycles. The van der Waals surface area contributed by atoms with Gasteiger partial charge in [-0.15, -0.1) is 0 Å². The smallest absolute Gasteiger partial charge is 0.0577 e. The first-order valence-corrected chi connectivity index (χ1v) is 12.3. The van der Waals surface area contributed by atoms with Crippen LogP contribution in [0, 0.1) is 46.3 Å². The zero-order valence-corrected chi connectivity index (χ0v) is 19.2. The maximum Gasteiger partial charge on any atom is 0.0577 e. The van der Waals surface area contributed by atoms with Crippen LogP contribution in [-0.4, -0.2) is 22.4 Å². The molecule has 0 spiro atoms. The maximum absolute atomic E-state index is 11.1. The summed E-state index contributed by atoms with van der Waals surface area (Å²) < 4.78 is 0. The molecule has 0 bridgehead atoms. The molecule has 0 aromatic carbocycles. The van der Waals surface area contributed by atoms with Crippen molar-refractivity contribution >= 4 is 0 Å². The van der Waals surface area contributed by atoms with Gasteiger partial charge >= 0.3 is 0 Å². The van der Waals surface area contributed by atoms with E-state index in [1.165, 1.54) is 25.7 Å². The Hall–Kier alpha value is -0.600. The van der Waals surface area contributed by atoms with Crippen LogP contribution in [0.2, 0.25) is 0 Å². The minimum atomic E-state index is -0.214. The van der Waals surface area contributed by atoms with Gasteiger partial charge in [0, 0.05) is 0 Å². The van der Waals surface area contributed by atoms with Crippen molar-refractivity contribution in [3.05, 3.63) is 24.3 Å². The topological polar surface area (TPSA) is 40.5 Å². The van der Waals surface area contributed by atoms with Gasteiger partial charge in [0.2, 0.25) is 0 Å². The molecule has 164 valence electrons. The van der Waals surface area contributed by atoms with Crippen molar-refractivity contribution in [2.24, 2.45) is 46.3 Å². The zero-order chi connectivity index (χ0) is 21.0. The van der Waals surface area contributed by atoms with Gasteiger partial charge < -0.3 is 10.2 Å². The standard InChI is InChI=1S/C27H44O2/c1-17(2)7-6-8-18(3)21-9-10-22-20-16-25(29)24-15-19(28)11-13-27(24,5)23(20)12-14-26(21,22)4/h6-7,18-25,28-29H,1,8-16H2,2-5H3/t18-,19+,20+,21-,22+,23+,24?,25-,26-,27-/m1/s1. The van der Waals surface area contributed by atoms with Crippen molar-refractivity contribution in [2.45, 2.75) is 97.7 Å². The molecule has 4 aliphatic rings. The second-order valence-electron chi connectivity index (χ2n) is 11.9. The first kappa shape index (κ1) is 21.6. The highest BCUT2D eigenvalue weighted by molar-refractivity contribution is 5.13. The summed E-state index contributed by atoms with van der Waals surface area (Å²) >= 11 is 0. The number of rotatable bonds is 4. The minimum Gasteiger partial charge on any atom is -0.393 e. The fourth-order valence-electron chi connectivity index (χ4n) is 8.90. The monoisotopic (exact) mass is 400 g/mol. The van der Waals surface area contributed by atoms with E-state index >= 15 is 0 Å². The molecule has 4 saturated carbocycles. The van der Waals surface area contributed by atoms with E-state index in [1.807, 2.05) is 0 Å². The molecular formula is C27H44O2. The van der Waals surface area contributed by atoms with Crippen molar-refractivity contribution in [1.82, 2.24) is 0 Å². The molecule has 0 heterocycles. The summed E-state index contributed by atoms with van der Waals surface area (Å²) in [4.78, 5) is 0. The molecule has 4 aliphatic carbocycles. The van der Waals surface area contributed by atoms with Crippen molar-refractivity contribution in [3.8, 4) is 0 Å². The van der Waals surface area contributed by atoms with Crippen LogP contribution in [0.15, 0.2) is 24.3 Å². The van der Waals surface area contributed by atoms with E-state index in [1.54, 1.807) is 0 Å². The van der Waals surface area contributed by atoms with Gasteiger partial charge in [-0.25, -0.2) is 0 Å². The number of allylic oxidation sites excluding steroid dienone is 3. The SMILES string of the molecule is C=C(C)C=CC[C@@H](C)[C@H]1CC[C@H]2[C@@H]3C[C@@H](O)C4C[C@@H](O)CC[C@]4(C)[C@H]3CC[C@]12C. The molecule has 0 amide bonds. The summed E-state index contributed by atoms with van der Waals surface area (Å²) in [7, 11) is 0.